The molecule has 6 heteroatoms. The fraction of sp³-hybridized carbons (Fsp3) is 0.636. The van der Waals surface area contributed by atoms with Crippen LogP contribution in [0, 0.1) is 12.8 Å². The molecule has 0 spiro atoms. The molecule has 0 aromatic heterocycles. The Hall–Kier alpha value is -1.92. The molecular weight excluding hydrogens is 354 g/mol. The van der Waals surface area contributed by atoms with E-state index in [1.54, 1.807) is 0 Å². The van der Waals surface area contributed by atoms with Crippen molar-refractivity contribution in [2.24, 2.45) is 5.92 Å². The Bertz CT molecular complexity index is 640. The predicted octanol–water partition coefficient (Wildman–Crippen LogP) is 2.37. The zero-order chi connectivity index (χ0) is 20.5. The molecule has 1 aliphatic rings. The van der Waals surface area contributed by atoms with Crippen LogP contribution in [0.4, 0.5) is 0 Å². The molecule has 1 heterocycles. The summed E-state index contributed by atoms with van der Waals surface area (Å²) in [6.07, 6.45) is 1.58. The highest BCUT2D eigenvalue weighted by Gasteiger charge is 2.25. The molecule has 156 valence electrons. The van der Waals surface area contributed by atoms with Crippen molar-refractivity contribution in [3.63, 3.8) is 0 Å². The van der Waals surface area contributed by atoms with Crippen molar-refractivity contribution in [3.8, 4) is 0 Å². The van der Waals surface area contributed by atoms with Crippen LogP contribution in [-0.4, -0.2) is 61.6 Å². The number of likely N-dealkylation sites (tertiary alicyclic amines) is 1. The van der Waals surface area contributed by atoms with E-state index in [4.69, 9.17) is 4.74 Å². The number of benzene rings is 1. The SMILES string of the molecule is CCOCC(NCC(=O)N1CCC(NC(=O)c2ccccc2C)CC1)C(C)C. The maximum absolute atomic E-state index is 12.5. The van der Waals surface area contributed by atoms with Crippen LogP contribution in [0.25, 0.3) is 0 Å². The highest BCUT2D eigenvalue weighted by molar-refractivity contribution is 5.95. The Balaban J connectivity index is 1.76. The zero-order valence-corrected chi connectivity index (χ0v) is 17.7. The summed E-state index contributed by atoms with van der Waals surface area (Å²) in [5.41, 5.74) is 1.70. The molecule has 0 aliphatic carbocycles. The monoisotopic (exact) mass is 389 g/mol. The lowest BCUT2D eigenvalue weighted by Gasteiger charge is -2.33. The second kappa shape index (κ2) is 11.2. The van der Waals surface area contributed by atoms with Gasteiger partial charge in [-0.15, -0.1) is 0 Å². The largest absolute Gasteiger partial charge is 0.380 e. The summed E-state index contributed by atoms with van der Waals surface area (Å²) in [6, 6.07) is 7.90. The summed E-state index contributed by atoms with van der Waals surface area (Å²) in [7, 11) is 0. The van der Waals surface area contributed by atoms with E-state index in [0.29, 0.717) is 38.8 Å². The maximum Gasteiger partial charge on any atom is 0.251 e. The zero-order valence-electron chi connectivity index (χ0n) is 17.7. The van der Waals surface area contributed by atoms with Crippen molar-refractivity contribution < 1.29 is 14.3 Å². The summed E-state index contributed by atoms with van der Waals surface area (Å²) in [6.45, 7) is 11.2. The van der Waals surface area contributed by atoms with E-state index < -0.39 is 0 Å². The number of nitrogens with one attached hydrogen (secondary N) is 2. The number of aryl methyl sites for hydroxylation is 1. The minimum Gasteiger partial charge on any atom is -0.380 e. The molecule has 0 radical (unpaired) electrons. The normalized spacial score (nSPS) is 16.2. The molecule has 1 fully saturated rings. The minimum absolute atomic E-state index is 0.0276. The summed E-state index contributed by atoms with van der Waals surface area (Å²) >= 11 is 0. The van der Waals surface area contributed by atoms with Crippen molar-refractivity contribution in [2.45, 2.75) is 52.6 Å². The lowest BCUT2D eigenvalue weighted by atomic mass is 10.0. The number of hydrogen-bond acceptors (Lipinski definition) is 4. The molecule has 1 aliphatic heterocycles. The molecule has 0 saturated carbocycles. The topological polar surface area (TPSA) is 70.7 Å². The minimum atomic E-state index is -0.0276. The highest BCUT2D eigenvalue weighted by Crippen LogP contribution is 2.13. The van der Waals surface area contributed by atoms with Crippen LogP contribution in [0.1, 0.15) is 49.5 Å². The first-order valence-corrected chi connectivity index (χ1v) is 10.4. The third-order valence-electron chi connectivity index (χ3n) is 5.39. The Morgan fingerprint density at radius 2 is 1.89 bits per heavy atom. The van der Waals surface area contributed by atoms with Gasteiger partial charge >= 0.3 is 0 Å². The number of hydrogen-bond donors (Lipinski definition) is 2. The number of piperidine rings is 1. The number of carbonyl (C=O) groups excluding carboxylic acids is 2. The molecule has 1 atom stereocenters. The van der Waals surface area contributed by atoms with E-state index in [-0.39, 0.29) is 23.9 Å². The van der Waals surface area contributed by atoms with E-state index in [1.807, 2.05) is 43.0 Å². The summed E-state index contributed by atoms with van der Waals surface area (Å²) in [4.78, 5) is 26.9. The van der Waals surface area contributed by atoms with Crippen molar-refractivity contribution in [2.75, 3.05) is 32.8 Å². The third-order valence-corrected chi connectivity index (χ3v) is 5.39. The first-order valence-electron chi connectivity index (χ1n) is 10.4. The van der Waals surface area contributed by atoms with Crippen LogP contribution in [0.3, 0.4) is 0 Å². The highest BCUT2D eigenvalue weighted by atomic mass is 16.5. The Labute approximate surface area is 169 Å². The van der Waals surface area contributed by atoms with E-state index in [0.717, 1.165) is 24.0 Å². The summed E-state index contributed by atoms with van der Waals surface area (Å²) in [5.74, 6) is 0.493. The summed E-state index contributed by atoms with van der Waals surface area (Å²) in [5, 5.41) is 6.45. The quantitative estimate of drug-likeness (QED) is 0.680. The average Bonchev–Trinajstić information content (AvgIpc) is 2.68. The molecule has 2 rings (SSSR count). The molecule has 28 heavy (non-hydrogen) atoms. The lowest BCUT2D eigenvalue weighted by molar-refractivity contribution is -0.131. The fourth-order valence-electron chi connectivity index (χ4n) is 3.43. The van der Waals surface area contributed by atoms with Gasteiger partial charge in [-0.1, -0.05) is 32.0 Å². The third kappa shape index (κ3) is 6.60. The van der Waals surface area contributed by atoms with Gasteiger partial charge in [-0.05, 0) is 44.2 Å². The van der Waals surface area contributed by atoms with Crippen LogP contribution in [0.15, 0.2) is 24.3 Å². The molecular formula is C22H35N3O3. The van der Waals surface area contributed by atoms with E-state index in [2.05, 4.69) is 24.5 Å². The second-order valence-corrected chi connectivity index (χ2v) is 7.83. The number of carbonyl (C=O) groups is 2. The maximum atomic E-state index is 12.5. The smallest absolute Gasteiger partial charge is 0.251 e. The Kier molecular flexibility index (Phi) is 8.93. The van der Waals surface area contributed by atoms with Crippen molar-refractivity contribution >= 4 is 11.8 Å². The van der Waals surface area contributed by atoms with Crippen LogP contribution in [0.2, 0.25) is 0 Å². The second-order valence-electron chi connectivity index (χ2n) is 7.83. The average molecular weight is 390 g/mol. The van der Waals surface area contributed by atoms with Crippen molar-refractivity contribution in [1.29, 1.82) is 0 Å². The van der Waals surface area contributed by atoms with Gasteiger partial charge in [0, 0.05) is 37.3 Å². The van der Waals surface area contributed by atoms with Crippen LogP contribution < -0.4 is 10.6 Å². The number of ether oxygens (including phenoxy) is 1. The van der Waals surface area contributed by atoms with Gasteiger partial charge in [-0.2, -0.15) is 0 Å². The molecule has 6 nitrogen and oxygen atoms in total. The first-order chi connectivity index (χ1) is 13.4. The fourth-order valence-corrected chi connectivity index (χ4v) is 3.43. The van der Waals surface area contributed by atoms with Gasteiger partial charge in [0.15, 0.2) is 0 Å². The van der Waals surface area contributed by atoms with Gasteiger partial charge in [0.2, 0.25) is 5.91 Å². The molecule has 2 N–H and O–H groups in total. The number of amides is 2. The standard InChI is InChI=1S/C22H35N3O3/c1-5-28-15-20(16(2)3)23-14-21(26)25-12-10-18(11-13-25)24-22(27)19-9-7-6-8-17(19)4/h6-9,16,18,20,23H,5,10-15H2,1-4H3,(H,24,27). The van der Waals surface area contributed by atoms with Gasteiger partial charge < -0.3 is 20.3 Å². The van der Waals surface area contributed by atoms with E-state index in [9.17, 15) is 9.59 Å². The van der Waals surface area contributed by atoms with Crippen LogP contribution in [0.5, 0.6) is 0 Å². The van der Waals surface area contributed by atoms with Gasteiger partial charge in [-0.25, -0.2) is 0 Å². The van der Waals surface area contributed by atoms with Crippen molar-refractivity contribution in [1.82, 2.24) is 15.5 Å². The molecule has 1 aromatic rings. The lowest BCUT2D eigenvalue weighted by Crippen LogP contribution is -2.50. The number of nitrogens with zero attached hydrogens (tertiary/aromatic N) is 1. The first kappa shape index (κ1) is 22.4. The van der Waals surface area contributed by atoms with Gasteiger partial charge in [0.25, 0.3) is 5.91 Å². The Morgan fingerprint density at radius 1 is 1.21 bits per heavy atom. The molecule has 1 unspecified atom stereocenters. The summed E-state index contributed by atoms with van der Waals surface area (Å²) < 4.78 is 5.50. The van der Waals surface area contributed by atoms with Gasteiger partial charge in [0.05, 0.1) is 13.2 Å². The van der Waals surface area contributed by atoms with Crippen molar-refractivity contribution in [3.05, 3.63) is 35.4 Å². The number of rotatable bonds is 9. The predicted molar refractivity (Wildman–Crippen MR) is 111 cm³/mol. The molecule has 1 aromatic carbocycles. The molecule has 1 saturated heterocycles. The van der Waals surface area contributed by atoms with Crippen LogP contribution >= 0.6 is 0 Å². The Morgan fingerprint density at radius 3 is 2.50 bits per heavy atom. The van der Waals surface area contributed by atoms with Crippen LogP contribution in [-0.2, 0) is 9.53 Å². The van der Waals surface area contributed by atoms with Gasteiger partial charge in [0.1, 0.15) is 0 Å². The van der Waals surface area contributed by atoms with E-state index in [1.165, 1.54) is 0 Å². The van der Waals surface area contributed by atoms with E-state index >= 15 is 0 Å². The van der Waals surface area contributed by atoms with Gasteiger partial charge in [-0.3, -0.25) is 9.59 Å². The molecule has 2 amide bonds. The molecule has 0 bridgehead atoms.